The van der Waals surface area contributed by atoms with Crippen LogP contribution in [0.4, 0.5) is 0 Å². The van der Waals surface area contributed by atoms with Crippen molar-refractivity contribution in [2.24, 2.45) is 5.73 Å². The van der Waals surface area contributed by atoms with Crippen LogP contribution in [0.2, 0.25) is 0 Å². The Balaban J connectivity index is 2.50. The molecule has 0 aromatic carbocycles. The summed E-state index contributed by atoms with van der Waals surface area (Å²) in [5.41, 5.74) is 4.83. The average molecular weight is 273 g/mol. The average Bonchev–Trinajstić information content (AvgIpc) is 2.79. The smallest absolute Gasteiger partial charge is 0.237 e. The summed E-state index contributed by atoms with van der Waals surface area (Å²) < 4.78 is 10.8. The maximum atomic E-state index is 11.5. The van der Waals surface area contributed by atoms with Gasteiger partial charge in [-0.05, 0) is 19.9 Å². The number of nitrogens with zero attached hydrogens (tertiary/aromatic N) is 1. The van der Waals surface area contributed by atoms with Crippen molar-refractivity contribution < 1.29 is 14.3 Å². The van der Waals surface area contributed by atoms with Gasteiger partial charge >= 0.3 is 0 Å². The number of carbonyl (C=O) groups excluding carboxylic acids is 1. The number of methoxy groups -OCH3 is 2. The predicted octanol–water partition coefficient (Wildman–Crippen LogP) is -0.424. The molecule has 1 aliphatic heterocycles. The highest BCUT2D eigenvalue weighted by Gasteiger charge is 2.35. The lowest BCUT2D eigenvalue weighted by molar-refractivity contribution is -0.124. The highest BCUT2D eigenvalue weighted by atomic mass is 16.5. The van der Waals surface area contributed by atoms with Gasteiger partial charge in [0.1, 0.15) is 0 Å². The zero-order valence-corrected chi connectivity index (χ0v) is 12.4. The van der Waals surface area contributed by atoms with Crippen LogP contribution >= 0.6 is 0 Å². The van der Waals surface area contributed by atoms with Crippen LogP contribution in [0.25, 0.3) is 0 Å². The Bertz CT molecular complexity index is 289. The van der Waals surface area contributed by atoms with E-state index in [-0.39, 0.29) is 18.1 Å². The number of ether oxygens (including phenoxy) is 2. The molecule has 0 aromatic heterocycles. The maximum absolute atomic E-state index is 11.5. The van der Waals surface area contributed by atoms with Crippen molar-refractivity contribution in [3.05, 3.63) is 0 Å². The summed E-state index contributed by atoms with van der Waals surface area (Å²) in [5, 5.41) is 3.17. The Morgan fingerprint density at radius 2 is 1.89 bits per heavy atom. The number of likely N-dealkylation sites (N-methyl/N-ethyl adjacent to an activating group) is 1. The summed E-state index contributed by atoms with van der Waals surface area (Å²) in [6.45, 7) is 7.01. The normalized spacial score (nSPS) is 27.4. The first kappa shape index (κ1) is 16.4. The summed E-state index contributed by atoms with van der Waals surface area (Å²) >= 11 is 0. The molecule has 0 bridgehead atoms. The lowest BCUT2D eigenvalue weighted by Gasteiger charge is -2.29. The molecule has 0 radical (unpaired) electrons. The second kappa shape index (κ2) is 7.19. The number of hydrogen-bond donors (Lipinski definition) is 2. The number of primary amides is 1. The van der Waals surface area contributed by atoms with E-state index < -0.39 is 5.54 Å². The molecule has 1 rings (SSSR count). The lowest BCUT2D eigenvalue weighted by Crippen LogP contribution is -2.54. The van der Waals surface area contributed by atoms with E-state index in [0.29, 0.717) is 6.42 Å². The highest BCUT2D eigenvalue weighted by molar-refractivity contribution is 5.84. The van der Waals surface area contributed by atoms with E-state index in [0.717, 1.165) is 26.2 Å². The minimum absolute atomic E-state index is 0.101. The fourth-order valence-electron chi connectivity index (χ4n) is 2.52. The number of nitrogens with one attached hydrogen (secondary N) is 1. The summed E-state index contributed by atoms with van der Waals surface area (Å²) in [4.78, 5) is 13.8. The second-order valence-electron chi connectivity index (χ2n) is 5.28. The van der Waals surface area contributed by atoms with E-state index >= 15 is 0 Å². The number of rotatable bonds is 8. The maximum Gasteiger partial charge on any atom is 0.237 e. The third kappa shape index (κ3) is 4.14. The van der Waals surface area contributed by atoms with Crippen LogP contribution in [-0.2, 0) is 14.3 Å². The Morgan fingerprint density at radius 1 is 1.37 bits per heavy atom. The van der Waals surface area contributed by atoms with Gasteiger partial charge in [0.05, 0.1) is 17.7 Å². The third-order valence-corrected chi connectivity index (χ3v) is 3.94. The molecular formula is C13H27N3O3. The first-order chi connectivity index (χ1) is 8.96. The minimum atomic E-state index is -0.650. The topological polar surface area (TPSA) is 76.8 Å². The Labute approximate surface area is 115 Å². The van der Waals surface area contributed by atoms with Crippen LogP contribution < -0.4 is 11.1 Å². The molecule has 0 spiro atoms. The molecule has 0 aliphatic carbocycles. The van der Waals surface area contributed by atoms with Gasteiger partial charge in [0.2, 0.25) is 5.91 Å². The van der Waals surface area contributed by atoms with Gasteiger partial charge in [-0.2, -0.15) is 0 Å². The number of nitrogens with two attached hydrogens (primary N) is 1. The predicted molar refractivity (Wildman–Crippen MR) is 73.9 cm³/mol. The van der Waals surface area contributed by atoms with E-state index in [4.69, 9.17) is 15.2 Å². The van der Waals surface area contributed by atoms with Crippen LogP contribution in [-0.4, -0.2) is 69.0 Å². The van der Waals surface area contributed by atoms with Crippen LogP contribution in [0.5, 0.6) is 0 Å². The van der Waals surface area contributed by atoms with Crippen molar-refractivity contribution in [1.82, 2.24) is 10.2 Å². The van der Waals surface area contributed by atoms with Crippen LogP contribution in [0, 0.1) is 0 Å². The zero-order valence-electron chi connectivity index (χ0n) is 12.4. The van der Waals surface area contributed by atoms with E-state index in [2.05, 4.69) is 10.2 Å². The molecule has 0 aromatic rings. The monoisotopic (exact) mass is 273 g/mol. The number of amides is 1. The largest absolute Gasteiger partial charge is 0.377 e. The van der Waals surface area contributed by atoms with E-state index in [1.54, 1.807) is 14.2 Å². The molecule has 1 heterocycles. The van der Waals surface area contributed by atoms with Crippen LogP contribution in [0.1, 0.15) is 20.3 Å². The molecule has 1 amide bonds. The Hall–Kier alpha value is -0.690. The van der Waals surface area contributed by atoms with Gasteiger partial charge in [-0.15, -0.1) is 0 Å². The molecule has 3 unspecified atom stereocenters. The Kier molecular flexibility index (Phi) is 6.19. The van der Waals surface area contributed by atoms with Crippen molar-refractivity contribution >= 4 is 5.91 Å². The van der Waals surface area contributed by atoms with Crippen LogP contribution in [0.15, 0.2) is 0 Å². The van der Waals surface area contributed by atoms with Gasteiger partial charge < -0.3 is 20.5 Å². The molecule has 112 valence electrons. The molecule has 19 heavy (non-hydrogen) atoms. The Morgan fingerprint density at radius 3 is 2.26 bits per heavy atom. The van der Waals surface area contributed by atoms with E-state index in [1.165, 1.54) is 0 Å². The van der Waals surface area contributed by atoms with Gasteiger partial charge in [0.25, 0.3) is 0 Å². The standard InChI is InChI=1S/C13H27N3O3/c1-5-15-13(2,12(14)17)6-7-16-8-10(18-3)11(9-16)19-4/h10-11,15H,5-9H2,1-4H3,(H2,14,17). The SMILES string of the molecule is CCNC(C)(CCN1CC(OC)C(OC)C1)C(N)=O. The minimum Gasteiger partial charge on any atom is -0.377 e. The van der Waals surface area contributed by atoms with E-state index in [1.807, 2.05) is 13.8 Å². The molecule has 3 atom stereocenters. The molecule has 1 fully saturated rings. The van der Waals surface area contributed by atoms with Gasteiger partial charge in [-0.25, -0.2) is 0 Å². The quantitative estimate of drug-likeness (QED) is 0.628. The molecule has 6 nitrogen and oxygen atoms in total. The van der Waals surface area contributed by atoms with Crippen molar-refractivity contribution in [3.8, 4) is 0 Å². The fourth-order valence-corrected chi connectivity index (χ4v) is 2.52. The van der Waals surface area contributed by atoms with Crippen LogP contribution in [0.3, 0.4) is 0 Å². The second-order valence-corrected chi connectivity index (χ2v) is 5.28. The summed E-state index contributed by atoms with van der Waals surface area (Å²) in [6.07, 6.45) is 0.885. The molecule has 0 saturated carbocycles. The first-order valence-electron chi connectivity index (χ1n) is 6.79. The van der Waals surface area contributed by atoms with Crippen molar-refractivity contribution in [3.63, 3.8) is 0 Å². The lowest BCUT2D eigenvalue weighted by atomic mass is 9.96. The van der Waals surface area contributed by atoms with Gasteiger partial charge in [0.15, 0.2) is 0 Å². The van der Waals surface area contributed by atoms with Crippen molar-refractivity contribution in [2.45, 2.75) is 38.0 Å². The van der Waals surface area contributed by atoms with Gasteiger partial charge in [-0.3, -0.25) is 9.69 Å². The summed E-state index contributed by atoms with van der Waals surface area (Å²) in [7, 11) is 3.40. The molecule has 6 heteroatoms. The molecule has 1 aliphatic rings. The number of hydrogen-bond acceptors (Lipinski definition) is 5. The summed E-state index contributed by atoms with van der Waals surface area (Å²) in [6, 6.07) is 0. The van der Waals surface area contributed by atoms with Crippen molar-refractivity contribution in [2.75, 3.05) is 40.4 Å². The molecule has 3 N–H and O–H groups in total. The zero-order chi connectivity index (χ0) is 14.5. The third-order valence-electron chi connectivity index (χ3n) is 3.94. The number of likely N-dealkylation sites (tertiary alicyclic amines) is 1. The molecule has 1 saturated heterocycles. The van der Waals surface area contributed by atoms with Gasteiger partial charge in [0, 0.05) is 33.9 Å². The highest BCUT2D eigenvalue weighted by Crippen LogP contribution is 2.18. The first-order valence-corrected chi connectivity index (χ1v) is 6.79. The van der Waals surface area contributed by atoms with Crippen molar-refractivity contribution in [1.29, 1.82) is 0 Å². The fraction of sp³-hybridized carbons (Fsp3) is 0.923. The van der Waals surface area contributed by atoms with E-state index in [9.17, 15) is 4.79 Å². The molecular weight excluding hydrogens is 246 g/mol. The van der Waals surface area contributed by atoms with Gasteiger partial charge in [-0.1, -0.05) is 6.92 Å². The number of carbonyl (C=O) groups is 1. The summed E-state index contributed by atoms with van der Waals surface area (Å²) in [5.74, 6) is -0.305.